The van der Waals surface area contributed by atoms with Crippen LogP contribution in [0.25, 0.3) is 0 Å². The fourth-order valence-corrected chi connectivity index (χ4v) is 1.93. The average Bonchev–Trinajstić information content (AvgIpc) is 2.92. The molecule has 0 atom stereocenters. The third kappa shape index (κ3) is 4.43. The lowest BCUT2D eigenvalue weighted by Gasteiger charge is -2.02. The second-order valence-corrected chi connectivity index (χ2v) is 4.89. The van der Waals surface area contributed by atoms with E-state index in [0.29, 0.717) is 5.75 Å². The highest BCUT2D eigenvalue weighted by Crippen LogP contribution is 2.21. The van der Waals surface area contributed by atoms with Crippen molar-refractivity contribution in [3.05, 3.63) is 40.3 Å². The molecule has 110 valence electrons. The second-order valence-electron chi connectivity index (χ2n) is 3.61. The zero-order valence-corrected chi connectivity index (χ0v) is 12.0. The molecule has 21 heavy (non-hydrogen) atoms. The molecule has 0 amide bonds. The summed E-state index contributed by atoms with van der Waals surface area (Å²) >= 11 is 6.09. The molecular weight excluding hydrogens is 322 g/mol. The fourth-order valence-electron chi connectivity index (χ4n) is 1.29. The summed E-state index contributed by atoms with van der Waals surface area (Å²) in [5.41, 5.74) is -0.0815. The molecule has 0 spiro atoms. The second kappa shape index (κ2) is 7.04. The largest absolute Gasteiger partial charge is 0.484 e. The maximum atomic E-state index is 11.1. The van der Waals surface area contributed by atoms with Crippen molar-refractivity contribution in [3.8, 4) is 5.75 Å². The van der Waals surface area contributed by atoms with Gasteiger partial charge in [-0.1, -0.05) is 6.07 Å². The molecule has 2 rings (SSSR count). The van der Waals surface area contributed by atoms with Crippen molar-refractivity contribution in [2.24, 2.45) is 0 Å². The Labute approximate surface area is 127 Å². The van der Waals surface area contributed by atoms with E-state index in [2.05, 4.69) is 10.2 Å². The number of nitro groups is 1. The molecule has 0 radical (unpaired) electrons. The maximum absolute atomic E-state index is 11.1. The first-order chi connectivity index (χ1) is 10.1. The molecule has 0 saturated heterocycles. The number of non-ortho nitro benzene ring substituents is 1. The predicted octanol–water partition coefficient (Wildman–Crippen LogP) is 2.41. The Morgan fingerprint density at radius 2 is 2.29 bits per heavy atom. The lowest BCUT2D eigenvalue weighted by molar-refractivity contribution is -0.384. The van der Waals surface area contributed by atoms with Crippen molar-refractivity contribution in [2.75, 3.05) is 5.88 Å². The van der Waals surface area contributed by atoms with Crippen molar-refractivity contribution in [3.63, 3.8) is 0 Å². The highest BCUT2D eigenvalue weighted by molar-refractivity contribution is 8.13. The van der Waals surface area contributed by atoms with E-state index in [-0.39, 0.29) is 34.4 Å². The van der Waals surface area contributed by atoms with E-state index in [4.69, 9.17) is 20.8 Å². The molecule has 10 heteroatoms. The van der Waals surface area contributed by atoms with Crippen molar-refractivity contribution in [2.45, 2.75) is 11.8 Å². The Morgan fingerprint density at radius 3 is 3.00 bits per heavy atom. The molecule has 1 heterocycles. The number of alkyl halides is 1. The topological polar surface area (TPSA) is 108 Å². The highest BCUT2D eigenvalue weighted by Gasteiger charge is 2.12. The number of rotatable bonds is 6. The number of nitro benzene ring substituents is 1. The summed E-state index contributed by atoms with van der Waals surface area (Å²) in [6.07, 6.45) is 0. The first kappa shape index (κ1) is 15.3. The van der Waals surface area contributed by atoms with Gasteiger partial charge < -0.3 is 9.15 Å². The van der Waals surface area contributed by atoms with Gasteiger partial charge in [0, 0.05) is 17.8 Å². The Kier molecular flexibility index (Phi) is 5.12. The van der Waals surface area contributed by atoms with Crippen LogP contribution in [0.15, 0.2) is 33.9 Å². The summed E-state index contributed by atoms with van der Waals surface area (Å²) in [4.78, 5) is 21.2. The minimum absolute atomic E-state index is 0.0657. The first-order valence-electron chi connectivity index (χ1n) is 5.55. The summed E-state index contributed by atoms with van der Waals surface area (Å²) in [6, 6.07) is 5.70. The lowest BCUT2D eigenvalue weighted by atomic mass is 10.3. The monoisotopic (exact) mass is 329 g/mol. The smallest absolute Gasteiger partial charge is 0.284 e. The third-order valence-electron chi connectivity index (χ3n) is 2.15. The van der Waals surface area contributed by atoms with Gasteiger partial charge in [-0.3, -0.25) is 14.9 Å². The van der Waals surface area contributed by atoms with Crippen LogP contribution in [0.2, 0.25) is 0 Å². The van der Waals surface area contributed by atoms with Gasteiger partial charge in [0.2, 0.25) is 5.12 Å². The summed E-state index contributed by atoms with van der Waals surface area (Å²) in [5, 5.41) is 17.7. The van der Waals surface area contributed by atoms with Crippen molar-refractivity contribution >= 4 is 34.2 Å². The predicted molar refractivity (Wildman–Crippen MR) is 73.3 cm³/mol. The normalized spacial score (nSPS) is 10.3. The van der Waals surface area contributed by atoms with Crippen LogP contribution in [0.5, 0.6) is 5.75 Å². The Morgan fingerprint density at radius 1 is 1.48 bits per heavy atom. The number of halogens is 1. The SMILES string of the molecule is O=C(CCl)Sc1nnc(COc2cccc([N+](=O)[O-])c2)o1. The Hall–Kier alpha value is -2.13. The number of benzene rings is 1. The fraction of sp³-hybridized carbons (Fsp3) is 0.182. The van der Waals surface area contributed by atoms with Crippen LogP contribution in [0.4, 0.5) is 5.69 Å². The molecule has 8 nitrogen and oxygen atoms in total. The molecule has 0 fully saturated rings. The van der Waals surface area contributed by atoms with E-state index in [1.165, 1.54) is 18.2 Å². The molecule has 0 aliphatic rings. The zero-order chi connectivity index (χ0) is 15.2. The van der Waals surface area contributed by atoms with Gasteiger partial charge in [0.1, 0.15) is 5.75 Å². The molecule has 0 aliphatic carbocycles. The van der Waals surface area contributed by atoms with Gasteiger partial charge in [-0.25, -0.2) is 0 Å². The van der Waals surface area contributed by atoms with Crippen molar-refractivity contribution in [1.29, 1.82) is 0 Å². The third-order valence-corrected chi connectivity index (χ3v) is 3.26. The molecule has 1 aromatic heterocycles. The van der Waals surface area contributed by atoms with Crippen LogP contribution in [0.1, 0.15) is 5.89 Å². The number of thioether (sulfide) groups is 1. The highest BCUT2D eigenvalue weighted by atomic mass is 35.5. The van der Waals surface area contributed by atoms with Crippen molar-refractivity contribution < 1.29 is 18.9 Å². The van der Waals surface area contributed by atoms with Gasteiger partial charge in [-0.2, -0.15) is 0 Å². The Balaban J connectivity index is 1.95. The quantitative estimate of drug-likeness (QED) is 0.344. The van der Waals surface area contributed by atoms with Gasteiger partial charge in [0.25, 0.3) is 16.8 Å². The molecule has 1 aromatic carbocycles. The van der Waals surface area contributed by atoms with E-state index < -0.39 is 4.92 Å². The molecule has 0 bridgehead atoms. The summed E-state index contributed by atoms with van der Waals surface area (Å²) in [6.45, 7) is -0.0657. The summed E-state index contributed by atoms with van der Waals surface area (Å²) in [5.74, 6) is 0.284. The lowest BCUT2D eigenvalue weighted by Crippen LogP contribution is -1.96. The molecule has 0 aliphatic heterocycles. The van der Waals surface area contributed by atoms with E-state index in [0.717, 1.165) is 11.8 Å². The summed E-state index contributed by atoms with van der Waals surface area (Å²) in [7, 11) is 0. The molecule has 0 unspecified atom stereocenters. The van der Waals surface area contributed by atoms with E-state index in [1.54, 1.807) is 6.07 Å². The van der Waals surface area contributed by atoms with E-state index in [1.807, 2.05) is 0 Å². The number of hydrogen-bond acceptors (Lipinski definition) is 8. The van der Waals surface area contributed by atoms with Gasteiger partial charge >= 0.3 is 0 Å². The van der Waals surface area contributed by atoms with Gasteiger partial charge in [-0.05, 0) is 6.07 Å². The van der Waals surface area contributed by atoms with Crippen LogP contribution in [0.3, 0.4) is 0 Å². The van der Waals surface area contributed by atoms with E-state index >= 15 is 0 Å². The molecule has 0 saturated carbocycles. The minimum atomic E-state index is -0.522. The van der Waals surface area contributed by atoms with Crippen LogP contribution in [0, 0.1) is 10.1 Å². The number of hydrogen-bond donors (Lipinski definition) is 0. The van der Waals surface area contributed by atoms with Gasteiger partial charge in [0.05, 0.1) is 16.9 Å². The number of aromatic nitrogens is 2. The maximum Gasteiger partial charge on any atom is 0.284 e. The first-order valence-corrected chi connectivity index (χ1v) is 6.90. The number of nitrogens with zero attached hydrogens (tertiary/aromatic N) is 3. The van der Waals surface area contributed by atoms with Gasteiger partial charge in [-0.15, -0.1) is 21.8 Å². The van der Waals surface area contributed by atoms with Crippen LogP contribution in [-0.4, -0.2) is 26.1 Å². The summed E-state index contributed by atoms with van der Waals surface area (Å²) < 4.78 is 10.5. The number of carbonyl (C=O) groups excluding carboxylic acids is 1. The van der Waals surface area contributed by atoms with Crippen LogP contribution < -0.4 is 4.74 Å². The molecule has 0 N–H and O–H groups in total. The minimum Gasteiger partial charge on any atom is -0.484 e. The van der Waals surface area contributed by atoms with Crippen LogP contribution in [-0.2, 0) is 11.4 Å². The average molecular weight is 330 g/mol. The van der Waals surface area contributed by atoms with Crippen LogP contribution >= 0.6 is 23.4 Å². The molecular formula is C11H8ClN3O5S. The van der Waals surface area contributed by atoms with E-state index in [9.17, 15) is 14.9 Å². The molecule has 2 aromatic rings. The van der Waals surface area contributed by atoms with Gasteiger partial charge in [0.15, 0.2) is 6.61 Å². The number of ether oxygens (including phenoxy) is 1. The number of carbonyl (C=O) groups is 1. The van der Waals surface area contributed by atoms with Crippen molar-refractivity contribution in [1.82, 2.24) is 10.2 Å². The standard InChI is InChI=1S/C11H8ClN3O5S/c12-5-10(16)21-11-14-13-9(20-11)6-19-8-3-1-2-7(4-8)15(17)18/h1-4H,5-6H2. The zero-order valence-electron chi connectivity index (χ0n) is 10.4. The Bertz CT molecular complexity index is 663.